The Morgan fingerprint density at radius 2 is 1.00 bits per heavy atom. The summed E-state index contributed by atoms with van der Waals surface area (Å²) in [5.41, 5.74) is 0. The summed E-state index contributed by atoms with van der Waals surface area (Å²) in [5.74, 6) is -1.76. The SMILES string of the molecule is CCCCCCCCCCCCCCCC(=O)CC(=O)CC(=O)O. The molecule has 0 bridgehead atoms. The van der Waals surface area contributed by atoms with E-state index in [1.807, 2.05) is 0 Å². The minimum Gasteiger partial charge on any atom is -0.481 e. The average molecular weight is 341 g/mol. The normalized spacial score (nSPS) is 10.7. The van der Waals surface area contributed by atoms with Crippen LogP contribution >= 0.6 is 0 Å². The number of carbonyl (C=O) groups is 3. The van der Waals surface area contributed by atoms with Gasteiger partial charge in [-0.2, -0.15) is 0 Å². The van der Waals surface area contributed by atoms with E-state index in [0.717, 1.165) is 19.3 Å². The highest BCUT2D eigenvalue weighted by molar-refractivity contribution is 6.05. The number of unbranched alkanes of at least 4 members (excludes halogenated alkanes) is 12. The van der Waals surface area contributed by atoms with Crippen molar-refractivity contribution in [2.45, 2.75) is 110 Å². The van der Waals surface area contributed by atoms with Gasteiger partial charge in [0.15, 0.2) is 5.78 Å². The number of hydrogen-bond acceptors (Lipinski definition) is 3. The molecule has 0 aliphatic heterocycles. The lowest BCUT2D eigenvalue weighted by molar-refractivity contribution is -0.140. The zero-order chi connectivity index (χ0) is 18.0. The molecule has 0 atom stereocenters. The Bertz CT molecular complexity index is 350. The maximum atomic E-state index is 11.5. The van der Waals surface area contributed by atoms with Crippen molar-refractivity contribution in [3.63, 3.8) is 0 Å². The molecule has 140 valence electrons. The number of Topliss-reactive ketones (excluding diaryl/α,β-unsaturated/α-hetero) is 2. The topological polar surface area (TPSA) is 71.4 Å². The second-order valence-corrected chi connectivity index (χ2v) is 6.82. The molecule has 0 heterocycles. The van der Waals surface area contributed by atoms with Crippen LogP contribution < -0.4 is 0 Å². The predicted octanol–water partition coefficient (Wildman–Crippen LogP) is 5.47. The molecule has 0 saturated carbocycles. The van der Waals surface area contributed by atoms with E-state index in [4.69, 9.17) is 5.11 Å². The minimum atomic E-state index is -1.16. The smallest absolute Gasteiger partial charge is 0.310 e. The van der Waals surface area contributed by atoms with Gasteiger partial charge in [-0.15, -0.1) is 0 Å². The zero-order valence-corrected chi connectivity index (χ0v) is 15.5. The third-order valence-electron chi connectivity index (χ3n) is 4.30. The summed E-state index contributed by atoms with van der Waals surface area (Å²) in [5, 5.41) is 8.46. The van der Waals surface area contributed by atoms with Crippen LogP contribution in [0, 0.1) is 0 Å². The Labute approximate surface area is 147 Å². The van der Waals surface area contributed by atoms with E-state index < -0.39 is 18.2 Å². The van der Waals surface area contributed by atoms with Gasteiger partial charge in [0.1, 0.15) is 12.2 Å². The number of aliphatic carboxylic acids is 1. The van der Waals surface area contributed by atoms with E-state index in [1.54, 1.807) is 0 Å². The fourth-order valence-corrected chi connectivity index (χ4v) is 2.88. The van der Waals surface area contributed by atoms with Gasteiger partial charge in [0.25, 0.3) is 0 Å². The van der Waals surface area contributed by atoms with Crippen LogP contribution in [0.4, 0.5) is 0 Å². The highest BCUT2D eigenvalue weighted by Crippen LogP contribution is 2.13. The van der Waals surface area contributed by atoms with Crippen molar-refractivity contribution in [1.82, 2.24) is 0 Å². The molecule has 0 aromatic rings. The largest absolute Gasteiger partial charge is 0.481 e. The second-order valence-electron chi connectivity index (χ2n) is 6.82. The van der Waals surface area contributed by atoms with E-state index in [1.165, 1.54) is 64.2 Å². The fraction of sp³-hybridized carbons (Fsp3) is 0.850. The third-order valence-corrected chi connectivity index (χ3v) is 4.30. The number of carbonyl (C=O) groups excluding carboxylic acids is 2. The summed E-state index contributed by atoms with van der Waals surface area (Å²) in [6.07, 6.45) is 16.0. The fourth-order valence-electron chi connectivity index (χ4n) is 2.88. The van der Waals surface area contributed by atoms with Crippen LogP contribution in [0.3, 0.4) is 0 Å². The van der Waals surface area contributed by atoms with Crippen LogP contribution in [0.1, 0.15) is 110 Å². The van der Waals surface area contributed by atoms with Crippen molar-refractivity contribution in [2.75, 3.05) is 0 Å². The van der Waals surface area contributed by atoms with Gasteiger partial charge in [-0.3, -0.25) is 14.4 Å². The first-order valence-electron chi connectivity index (χ1n) is 9.81. The molecular weight excluding hydrogens is 304 g/mol. The minimum absolute atomic E-state index is 0.121. The molecule has 1 N–H and O–H groups in total. The number of carboxylic acids is 1. The molecule has 0 saturated heterocycles. The number of ketones is 2. The highest BCUT2D eigenvalue weighted by atomic mass is 16.4. The van der Waals surface area contributed by atoms with E-state index in [9.17, 15) is 14.4 Å². The van der Waals surface area contributed by atoms with Gasteiger partial charge in [-0.25, -0.2) is 0 Å². The molecule has 0 rings (SSSR count). The lowest BCUT2D eigenvalue weighted by Gasteiger charge is -2.03. The van der Waals surface area contributed by atoms with E-state index in [2.05, 4.69) is 6.92 Å². The Balaban J connectivity index is 3.26. The standard InChI is InChI=1S/C20H36O4/c1-2-3-4-5-6-7-8-9-10-11-12-13-14-15-18(21)16-19(22)17-20(23)24/h2-17H2,1H3,(H,23,24). The summed E-state index contributed by atoms with van der Waals surface area (Å²) >= 11 is 0. The molecule has 0 unspecified atom stereocenters. The van der Waals surface area contributed by atoms with Crippen LogP contribution in [-0.2, 0) is 14.4 Å². The molecule has 0 aliphatic carbocycles. The molecule has 0 aliphatic rings. The van der Waals surface area contributed by atoms with Gasteiger partial charge in [-0.05, 0) is 6.42 Å². The summed E-state index contributed by atoms with van der Waals surface area (Å²) in [4.78, 5) is 33.1. The Morgan fingerprint density at radius 3 is 1.42 bits per heavy atom. The van der Waals surface area contributed by atoms with Gasteiger partial charge in [0.05, 0.1) is 6.42 Å². The Kier molecular flexibility index (Phi) is 15.8. The van der Waals surface area contributed by atoms with Crippen LogP contribution in [0.15, 0.2) is 0 Å². The molecule has 0 fully saturated rings. The molecule has 0 aromatic carbocycles. The zero-order valence-electron chi connectivity index (χ0n) is 15.5. The van der Waals surface area contributed by atoms with Gasteiger partial charge < -0.3 is 5.11 Å². The maximum absolute atomic E-state index is 11.5. The molecule has 0 amide bonds. The van der Waals surface area contributed by atoms with Gasteiger partial charge in [0, 0.05) is 6.42 Å². The van der Waals surface area contributed by atoms with Crippen LogP contribution in [0.25, 0.3) is 0 Å². The van der Waals surface area contributed by atoms with Crippen LogP contribution in [-0.4, -0.2) is 22.6 Å². The number of hydrogen-bond donors (Lipinski definition) is 1. The van der Waals surface area contributed by atoms with E-state index >= 15 is 0 Å². The molecule has 24 heavy (non-hydrogen) atoms. The molecule has 0 radical (unpaired) electrons. The van der Waals surface area contributed by atoms with Crippen molar-refractivity contribution in [3.8, 4) is 0 Å². The van der Waals surface area contributed by atoms with Gasteiger partial charge >= 0.3 is 5.97 Å². The molecule has 0 spiro atoms. The monoisotopic (exact) mass is 340 g/mol. The lowest BCUT2D eigenvalue weighted by Crippen LogP contribution is -2.11. The average Bonchev–Trinajstić information content (AvgIpc) is 2.51. The quantitative estimate of drug-likeness (QED) is 0.265. The molecule has 4 nitrogen and oxygen atoms in total. The van der Waals surface area contributed by atoms with E-state index in [0.29, 0.717) is 6.42 Å². The van der Waals surface area contributed by atoms with Gasteiger partial charge in [0.2, 0.25) is 0 Å². The highest BCUT2D eigenvalue weighted by Gasteiger charge is 2.12. The third kappa shape index (κ3) is 17.2. The second kappa shape index (κ2) is 16.7. The first-order valence-corrected chi connectivity index (χ1v) is 9.81. The first-order chi connectivity index (χ1) is 11.6. The summed E-state index contributed by atoms with van der Waals surface area (Å²) in [6.45, 7) is 2.24. The summed E-state index contributed by atoms with van der Waals surface area (Å²) in [6, 6.07) is 0. The van der Waals surface area contributed by atoms with E-state index in [-0.39, 0.29) is 12.2 Å². The van der Waals surface area contributed by atoms with Gasteiger partial charge in [-0.1, -0.05) is 84.0 Å². The summed E-state index contributed by atoms with van der Waals surface area (Å²) in [7, 11) is 0. The summed E-state index contributed by atoms with van der Waals surface area (Å²) < 4.78 is 0. The van der Waals surface area contributed by atoms with Crippen molar-refractivity contribution < 1.29 is 19.5 Å². The van der Waals surface area contributed by atoms with Crippen LogP contribution in [0.2, 0.25) is 0 Å². The van der Waals surface area contributed by atoms with Crippen molar-refractivity contribution in [1.29, 1.82) is 0 Å². The Hall–Kier alpha value is -1.19. The predicted molar refractivity (Wildman–Crippen MR) is 97.2 cm³/mol. The molecule has 0 aromatic heterocycles. The van der Waals surface area contributed by atoms with Crippen molar-refractivity contribution in [3.05, 3.63) is 0 Å². The molecule has 4 heteroatoms. The number of rotatable bonds is 18. The maximum Gasteiger partial charge on any atom is 0.310 e. The lowest BCUT2D eigenvalue weighted by atomic mass is 10.0. The Morgan fingerprint density at radius 1 is 0.583 bits per heavy atom. The number of carboxylic acid groups (broad SMARTS) is 1. The first kappa shape index (κ1) is 22.8. The van der Waals surface area contributed by atoms with Crippen LogP contribution in [0.5, 0.6) is 0 Å². The van der Waals surface area contributed by atoms with Crippen molar-refractivity contribution >= 4 is 17.5 Å². The molecular formula is C20H36O4. The van der Waals surface area contributed by atoms with Crippen molar-refractivity contribution in [2.24, 2.45) is 0 Å².